The molecule has 0 radical (unpaired) electrons. The zero-order chi connectivity index (χ0) is 60.0. The van der Waals surface area contributed by atoms with E-state index in [2.05, 4.69) is 73.8 Å². The van der Waals surface area contributed by atoms with Crippen molar-refractivity contribution >= 4 is 122 Å². The molecule has 0 amide bonds. The van der Waals surface area contributed by atoms with Gasteiger partial charge in [-0.2, -0.15) is 0 Å². The number of nitrogens with zero attached hydrogens (tertiary/aromatic N) is 4. The Morgan fingerprint density at radius 3 is 1.13 bits per heavy atom. The highest BCUT2D eigenvalue weighted by Crippen LogP contribution is 2.67. The fraction of sp³-hybridized carbons (Fsp3) is 0.459. The number of fused-ring (bicyclic) bond motifs is 12. The minimum Gasteiger partial charge on any atom is -0.288 e. The van der Waals surface area contributed by atoms with Gasteiger partial charge in [0.25, 0.3) is 11.4 Å². The third-order valence-electron chi connectivity index (χ3n) is 19.0. The van der Waals surface area contributed by atoms with Crippen molar-refractivity contribution in [3.8, 4) is 33.0 Å². The van der Waals surface area contributed by atoms with Crippen LogP contribution >= 0.6 is 68.0 Å². The molecule has 11 rings (SSSR count). The molecule has 7 aromatic rings. The van der Waals surface area contributed by atoms with Crippen molar-refractivity contribution < 1.29 is 9.59 Å². The van der Waals surface area contributed by atoms with Gasteiger partial charge >= 0.3 is 0 Å². The van der Waals surface area contributed by atoms with E-state index in [9.17, 15) is 20.1 Å². The van der Waals surface area contributed by atoms with Crippen LogP contribution in [0.2, 0.25) is 0 Å². The monoisotopic (exact) mass is 1250 g/mol. The summed E-state index contributed by atoms with van der Waals surface area (Å²) in [6.07, 6.45) is 37.8. The fourth-order valence-electron chi connectivity index (χ4n) is 14.8. The van der Waals surface area contributed by atoms with E-state index in [4.69, 9.17) is 13.1 Å². The number of ketones is 2. The lowest BCUT2D eigenvalue weighted by Crippen LogP contribution is -2.27. The molecule has 0 saturated heterocycles. The zero-order valence-corrected chi connectivity index (χ0v) is 55.5. The molecule has 86 heavy (non-hydrogen) atoms. The van der Waals surface area contributed by atoms with Crippen molar-refractivity contribution in [3.63, 3.8) is 0 Å². The predicted molar refractivity (Wildman–Crippen MR) is 369 cm³/mol. The van der Waals surface area contributed by atoms with E-state index in [0.717, 1.165) is 61.1 Å². The maximum Gasteiger partial charge on any atom is 0.270 e. The largest absolute Gasteiger partial charge is 0.288 e. The Bertz CT molecular complexity index is 3700. The van der Waals surface area contributed by atoms with Crippen molar-refractivity contribution in [2.75, 3.05) is 0 Å². The van der Waals surface area contributed by atoms with Gasteiger partial charge in [0.15, 0.2) is 0 Å². The van der Waals surface area contributed by atoms with Gasteiger partial charge in [-0.25, -0.2) is 20.2 Å². The Balaban J connectivity index is 1.10. The summed E-state index contributed by atoms with van der Waals surface area (Å²) >= 11 is 10.3. The number of thiophene rings is 6. The molecular formula is C74H78N4O2S6. The van der Waals surface area contributed by atoms with Crippen LogP contribution < -0.4 is 0 Å². The smallest absolute Gasteiger partial charge is 0.270 e. The average Bonchev–Trinajstić information content (AvgIpc) is 1.53. The molecule has 6 aromatic heterocycles. The van der Waals surface area contributed by atoms with Gasteiger partial charge in [-0.15, -0.1) is 68.0 Å². The van der Waals surface area contributed by atoms with E-state index in [1.54, 1.807) is 22.7 Å². The summed E-state index contributed by atoms with van der Waals surface area (Å²) in [6.45, 7) is 25.1. The fourth-order valence-corrected chi connectivity index (χ4v) is 22.2. The molecule has 12 heteroatoms. The minimum absolute atomic E-state index is 0.0333. The highest BCUT2D eigenvalue weighted by atomic mass is 32.1. The normalized spacial score (nSPS) is 17.0. The number of carbonyl (C=O) groups is 2. The maximum atomic E-state index is 14.2. The average molecular weight is 1250 g/mol. The second-order valence-corrected chi connectivity index (χ2v) is 30.6. The van der Waals surface area contributed by atoms with Crippen LogP contribution in [0.4, 0.5) is 0 Å². The standard InChI is InChI=1S/C74H78N4O2S6/c1-7-11-15-19-23-27-33-73(34-28-24-20-16-12-8-2)55-43-52-56(44-51(55)67-63(73)71-59(85-67)41-47(83-71)39-53-61(57(45-75)77-5)49-31-37-81-69(49)65(53)79)74(35-29-25-21-17-13-9-3,36-30-26-22-18-14-10-4)64-68(52)86-60-42-48(84-72(60)64)40-54-62(58(46-76)78-6)50-32-38-82-70(50)66(54)80/h31-32,37-44H,7-30,33-36H2,1-4H3/b53-39-,54-40-,61-57-,62-58+. The number of Topliss-reactive ketones (excluding diaryl/α,β-unsaturated/α-hetero) is 2. The summed E-state index contributed by atoms with van der Waals surface area (Å²) in [5.74, 6) is -0.203. The van der Waals surface area contributed by atoms with E-state index in [1.807, 2.05) is 57.7 Å². The molecule has 0 aliphatic heterocycles. The van der Waals surface area contributed by atoms with Gasteiger partial charge in [0.1, 0.15) is 0 Å². The van der Waals surface area contributed by atoms with Crippen LogP contribution in [-0.2, 0) is 10.8 Å². The Labute approximate surface area is 534 Å². The molecule has 4 aliphatic carbocycles. The molecule has 442 valence electrons. The summed E-state index contributed by atoms with van der Waals surface area (Å²) < 4.78 is 5.17. The summed E-state index contributed by atoms with van der Waals surface area (Å²) in [4.78, 5) is 41.7. The quantitative estimate of drug-likeness (QED) is 0.0194. The molecular weight excluding hydrogens is 1170 g/mol. The van der Waals surface area contributed by atoms with Crippen molar-refractivity contribution in [2.45, 2.75) is 218 Å². The van der Waals surface area contributed by atoms with Crippen LogP contribution in [0.1, 0.15) is 270 Å². The Morgan fingerprint density at radius 1 is 0.465 bits per heavy atom. The number of benzene rings is 1. The first kappa shape index (κ1) is 61.8. The molecule has 6 heterocycles. The highest BCUT2D eigenvalue weighted by molar-refractivity contribution is 7.31. The third kappa shape index (κ3) is 11.4. The number of hydrogen-bond acceptors (Lipinski definition) is 10. The van der Waals surface area contributed by atoms with Gasteiger partial charge in [0, 0.05) is 62.0 Å². The molecule has 0 fully saturated rings. The van der Waals surface area contributed by atoms with Crippen molar-refractivity contribution in [1.82, 2.24) is 0 Å². The van der Waals surface area contributed by atoms with Crippen LogP contribution in [0.15, 0.2) is 69.7 Å². The summed E-state index contributed by atoms with van der Waals surface area (Å²) in [5.41, 5.74) is 11.7. The molecule has 0 N–H and O–H groups in total. The van der Waals surface area contributed by atoms with Gasteiger partial charge < -0.3 is 0 Å². The van der Waals surface area contributed by atoms with Crippen LogP contribution in [0, 0.1) is 35.8 Å². The van der Waals surface area contributed by atoms with Crippen molar-refractivity contribution in [2.24, 2.45) is 0 Å². The number of hydrogen-bond donors (Lipinski definition) is 0. The topological polar surface area (TPSA) is 90.4 Å². The maximum absolute atomic E-state index is 14.2. The summed E-state index contributed by atoms with van der Waals surface area (Å²) in [6, 6.07) is 18.1. The molecule has 0 saturated carbocycles. The van der Waals surface area contributed by atoms with Crippen LogP contribution in [0.3, 0.4) is 0 Å². The van der Waals surface area contributed by atoms with Crippen molar-refractivity contribution in [3.05, 3.63) is 145 Å². The minimum atomic E-state index is -0.203. The number of nitriles is 2. The third-order valence-corrected chi connectivity index (χ3v) is 25.6. The molecule has 4 aliphatic rings. The Morgan fingerprint density at radius 2 is 0.802 bits per heavy atom. The van der Waals surface area contributed by atoms with E-state index in [0.29, 0.717) is 43.2 Å². The Kier molecular flexibility index (Phi) is 19.9. The molecule has 0 unspecified atom stereocenters. The Hall–Kier alpha value is -5.80. The first-order valence-electron chi connectivity index (χ1n) is 32.2. The van der Waals surface area contributed by atoms with Gasteiger partial charge in [-0.3, -0.25) is 9.59 Å². The number of allylic oxidation sites excluding steroid dienone is 6. The van der Waals surface area contributed by atoms with Crippen LogP contribution in [0.25, 0.3) is 72.7 Å². The van der Waals surface area contributed by atoms with Gasteiger partial charge in [0.05, 0.1) is 44.4 Å². The van der Waals surface area contributed by atoms with Gasteiger partial charge in [-0.1, -0.05) is 182 Å². The number of unbranched alkanes of at least 4 members (excludes halogenated alkanes) is 20. The van der Waals surface area contributed by atoms with Crippen molar-refractivity contribution in [1.29, 1.82) is 10.5 Å². The van der Waals surface area contributed by atoms with Crippen LogP contribution in [0.5, 0.6) is 0 Å². The van der Waals surface area contributed by atoms with Gasteiger partial charge in [0.2, 0.25) is 11.6 Å². The van der Waals surface area contributed by atoms with E-state index in [-0.39, 0.29) is 33.8 Å². The molecule has 0 bridgehead atoms. The SMILES string of the molecule is [C-]#[N+]/C(C#N)=C1/C(=C/c2cc3sc4c(c3s2)C(CCCCCCCC)(CCCCCCCC)c2cc3c(cc2-4)C(CCCCCCCC)(CCCCCCCC)c2c-3sc3cc(/C=C4\C(=O)c5sccc5\C4=C(/C#N)[N+]#[C-])sc23)C(=O)c2sccc21. The second-order valence-electron chi connectivity index (χ2n) is 24.5. The lowest BCUT2D eigenvalue weighted by Gasteiger charge is -2.35. The van der Waals surface area contributed by atoms with E-state index < -0.39 is 0 Å². The molecule has 1 aromatic carbocycles. The lowest BCUT2D eigenvalue weighted by atomic mass is 9.68. The first-order valence-corrected chi connectivity index (χ1v) is 37.2. The highest BCUT2D eigenvalue weighted by Gasteiger charge is 2.51. The predicted octanol–water partition coefficient (Wildman–Crippen LogP) is 24.8. The first-order chi connectivity index (χ1) is 42.1. The summed E-state index contributed by atoms with van der Waals surface area (Å²) in [5, 5.41) is 24.2. The van der Waals surface area contributed by atoms with E-state index >= 15 is 0 Å². The molecule has 0 atom stereocenters. The zero-order valence-electron chi connectivity index (χ0n) is 50.6. The van der Waals surface area contributed by atoms with Gasteiger partial charge in [-0.05, 0) is 130 Å². The molecule has 0 spiro atoms. The van der Waals surface area contributed by atoms with Crippen LogP contribution in [-0.4, -0.2) is 11.6 Å². The second kappa shape index (κ2) is 27.7. The number of carbonyl (C=O) groups excluding carboxylic acids is 2. The lowest BCUT2D eigenvalue weighted by molar-refractivity contribution is 0.103. The number of rotatable bonds is 30. The molecule has 6 nitrogen and oxygen atoms in total. The summed E-state index contributed by atoms with van der Waals surface area (Å²) in [7, 11) is 0. The van der Waals surface area contributed by atoms with E-state index in [1.165, 1.54) is 213 Å².